The van der Waals surface area contributed by atoms with Gasteiger partial charge in [-0.3, -0.25) is 0 Å². The Morgan fingerprint density at radius 3 is 3.00 bits per heavy atom. The van der Waals surface area contributed by atoms with Gasteiger partial charge in [-0.1, -0.05) is 12.1 Å². The monoisotopic (exact) mass is 177 g/mol. The lowest BCUT2D eigenvalue weighted by Crippen LogP contribution is -1.96. The first-order chi connectivity index (χ1) is 6.27. The Morgan fingerprint density at radius 1 is 1.62 bits per heavy atom. The van der Waals surface area contributed by atoms with E-state index in [9.17, 15) is 5.11 Å². The molecule has 0 aliphatic rings. The molecule has 0 aliphatic carbocycles. The highest BCUT2D eigenvalue weighted by molar-refractivity contribution is 5.30. The quantitative estimate of drug-likeness (QED) is 0.763. The van der Waals surface area contributed by atoms with Crippen LogP contribution in [0.1, 0.15) is 18.1 Å². The maximum absolute atomic E-state index is 9.46. The lowest BCUT2D eigenvalue weighted by molar-refractivity contribution is 0.183. The first-order valence-corrected chi connectivity index (χ1v) is 3.97. The Kier molecular flexibility index (Phi) is 3.30. The van der Waals surface area contributed by atoms with Crippen LogP contribution in [0.5, 0.6) is 5.75 Å². The van der Waals surface area contributed by atoms with Crippen LogP contribution >= 0.6 is 0 Å². The predicted octanol–water partition coefficient (Wildman–Crippen LogP) is 1.64. The second kappa shape index (κ2) is 4.48. The molecule has 0 aromatic heterocycles. The van der Waals surface area contributed by atoms with Crippen molar-refractivity contribution < 1.29 is 9.84 Å². The highest BCUT2D eigenvalue weighted by Gasteiger charge is 2.06. The lowest BCUT2D eigenvalue weighted by atomic mass is 10.1. The second-order valence-corrected chi connectivity index (χ2v) is 2.65. The average Bonchev–Trinajstić information content (AvgIpc) is 2.18. The first kappa shape index (κ1) is 9.56. The summed E-state index contributed by atoms with van der Waals surface area (Å²) in [4.78, 5) is 0. The summed E-state index contributed by atoms with van der Waals surface area (Å²) < 4.78 is 4.99. The number of ether oxygens (including phenoxy) is 1. The SMILES string of the molecule is COc1cccc([C@H](O)CC#N)c1. The average molecular weight is 177 g/mol. The number of hydrogen-bond acceptors (Lipinski definition) is 3. The van der Waals surface area contributed by atoms with Crippen LogP contribution in [0, 0.1) is 11.3 Å². The van der Waals surface area contributed by atoms with Crippen LogP contribution in [0.3, 0.4) is 0 Å². The Labute approximate surface area is 77.2 Å². The van der Waals surface area contributed by atoms with E-state index in [1.165, 1.54) is 0 Å². The number of methoxy groups -OCH3 is 1. The van der Waals surface area contributed by atoms with Gasteiger partial charge in [0.2, 0.25) is 0 Å². The zero-order valence-corrected chi connectivity index (χ0v) is 7.40. The predicted molar refractivity (Wildman–Crippen MR) is 48.2 cm³/mol. The fourth-order valence-corrected chi connectivity index (χ4v) is 1.05. The minimum absolute atomic E-state index is 0.104. The van der Waals surface area contributed by atoms with Crippen LogP contribution in [0.2, 0.25) is 0 Å². The number of nitrogens with zero attached hydrogens (tertiary/aromatic N) is 1. The van der Waals surface area contributed by atoms with Gasteiger partial charge in [0, 0.05) is 0 Å². The molecular formula is C10H11NO2. The van der Waals surface area contributed by atoms with Crippen molar-refractivity contribution in [3.8, 4) is 11.8 Å². The van der Waals surface area contributed by atoms with Crippen LogP contribution in [-0.4, -0.2) is 12.2 Å². The molecule has 0 fully saturated rings. The van der Waals surface area contributed by atoms with Crippen molar-refractivity contribution in [2.75, 3.05) is 7.11 Å². The molecule has 1 rings (SSSR count). The summed E-state index contributed by atoms with van der Waals surface area (Å²) in [6, 6.07) is 8.99. The molecule has 3 heteroatoms. The van der Waals surface area contributed by atoms with Gasteiger partial charge in [-0.05, 0) is 17.7 Å². The van der Waals surface area contributed by atoms with Crippen molar-refractivity contribution >= 4 is 0 Å². The normalized spacial score (nSPS) is 11.8. The molecule has 1 aromatic rings. The van der Waals surface area contributed by atoms with Crippen LogP contribution < -0.4 is 4.74 Å². The number of aliphatic hydroxyl groups is 1. The molecule has 0 unspecified atom stereocenters. The summed E-state index contributed by atoms with van der Waals surface area (Å²) in [6.07, 6.45) is -0.618. The third kappa shape index (κ3) is 2.46. The Hall–Kier alpha value is -1.53. The molecule has 13 heavy (non-hydrogen) atoms. The number of rotatable bonds is 3. The molecule has 0 radical (unpaired) electrons. The number of aliphatic hydroxyl groups excluding tert-OH is 1. The molecular weight excluding hydrogens is 166 g/mol. The number of nitriles is 1. The van der Waals surface area contributed by atoms with Gasteiger partial charge in [0.15, 0.2) is 0 Å². The maximum atomic E-state index is 9.46. The first-order valence-electron chi connectivity index (χ1n) is 3.97. The molecule has 1 atom stereocenters. The fourth-order valence-electron chi connectivity index (χ4n) is 1.05. The summed E-state index contributed by atoms with van der Waals surface area (Å²) in [5.41, 5.74) is 0.709. The van der Waals surface area contributed by atoms with E-state index in [0.29, 0.717) is 11.3 Å². The molecule has 0 saturated carbocycles. The van der Waals surface area contributed by atoms with Crippen LogP contribution in [0.4, 0.5) is 0 Å². The van der Waals surface area contributed by atoms with Crippen molar-refractivity contribution in [1.29, 1.82) is 5.26 Å². The summed E-state index contributed by atoms with van der Waals surface area (Å²) in [6.45, 7) is 0. The highest BCUT2D eigenvalue weighted by atomic mass is 16.5. The topological polar surface area (TPSA) is 53.2 Å². The van der Waals surface area contributed by atoms with E-state index < -0.39 is 6.10 Å². The number of hydrogen-bond donors (Lipinski definition) is 1. The van der Waals surface area contributed by atoms with Crippen molar-refractivity contribution in [1.82, 2.24) is 0 Å². The van der Waals surface area contributed by atoms with E-state index in [0.717, 1.165) is 0 Å². The van der Waals surface area contributed by atoms with Crippen LogP contribution in [-0.2, 0) is 0 Å². The van der Waals surface area contributed by atoms with Crippen LogP contribution in [0.25, 0.3) is 0 Å². The fraction of sp³-hybridized carbons (Fsp3) is 0.300. The standard InChI is InChI=1S/C10H11NO2/c1-13-9-4-2-3-8(7-9)10(12)5-6-11/h2-4,7,10,12H,5H2,1H3/t10-/m1/s1. The van der Waals surface area contributed by atoms with Gasteiger partial charge in [0.1, 0.15) is 5.75 Å². The molecule has 68 valence electrons. The minimum atomic E-state index is -0.722. The van der Waals surface area contributed by atoms with Gasteiger partial charge < -0.3 is 9.84 Å². The zero-order chi connectivity index (χ0) is 9.68. The van der Waals surface area contributed by atoms with E-state index in [2.05, 4.69) is 0 Å². The third-order valence-electron chi connectivity index (χ3n) is 1.76. The molecule has 0 aliphatic heterocycles. The van der Waals surface area contributed by atoms with Crippen molar-refractivity contribution in [2.24, 2.45) is 0 Å². The van der Waals surface area contributed by atoms with E-state index in [-0.39, 0.29) is 6.42 Å². The third-order valence-corrected chi connectivity index (χ3v) is 1.76. The summed E-state index contributed by atoms with van der Waals surface area (Å²) in [5.74, 6) is 0.689. The lowest BCUT2D eigenvalue weighted by Gasteiger charge is -2.07. The maximum Gasteiger partial charge on any atom is 0.119 e. The zero-order valence-electron chi connectivity index (χ0n) is 7.40. The van der Waals surface area contributed by atoms with Crippen LogP contribution in [0.15, 0.2) is 24.3 Å². The highest BCUT2D eigenvalue weighted by Crippen LogP contribution is 2.20. The van der Waals surface area contributed by atoms with Gasteiger partial charge in [-0.2, -0.15) is 5.26 Å². The molecule has 0 heterocycles. The van der Waals surface area contributed by atoms with Gasteiger partial charge in [0.05, 0.1) is 25.7 Å². The summed E-state index contributed by atoms with van der Waals surface area (Å²) >= 11 is 0. The smallest absolute Gasteiger partial charge is 0.119 e. The van der Waals surface area contributed by atoms with Gasteiger partial charge in [-0.25, -0.2) is 0 Å². The van der Waals surface area contributed by atoms with Gasteiger partial charge in [0.25, 0.3) is 0 Å². The molecule has 3 nitrogen and oxygen atoms in total. The molecule has 0 saturated heterocycles. The van der Waals surface area contributed by atoms with Gasteiger partial charge in [-0.15, -0.1) is 0 Å². The summed E-state index contributed by atoms with van der Waals surface area (Å²) in [7, 11) is 1.57. The number of benzene rings is 1. The van der Waals surface area contributed by atoms with E-state index in [1.807, 2.05) is 6.07 Å². The van der Waals surface area contributed by atoms with Gasteiger partial charge >= 0.3 is 0 Å². The Morgan fingerprint density at radius 2 is 2.38 bits per heavy atom. The Balaban J connectivity index is 2.83. The van der Waals surface area contributed by atoms with Crippen molar-refractivity contribution in [3.05, 3.63) is 29.8 Å². The second-order valence-electron chi connectivity index (χ2n) is 2.65. The largest absolute Gasteiger partial charge is 0.497 e. The molecule has 0 spiro atoms. The Bertz CT molecular complexity index is 317. The van der Waals surface area contributed by atoms with Crippen molar-refractivity contribution in [2.45, 2.75) is 12.5 Å². The van der Waals surface area contributed by atoms with E-state index >= 15 is 0 Å². The van der Waals surface area contributed by atoms with Crippen molar-refractivity contribution in [3.63, 3.8) is 0 Å². The molecule has 0 bridgehead atoms. The minimum Gasteiger partial charge on any atom is -0.497 e. The molecule has 1 aromatic carbocycles. The van der Waals surface area contributed by atoms with E-state index in [1.54, 1.807) is 31.4 Å². The summed E-state index contributed by atoms with van der Waals surface area (Å²) in [5, 5.41) is 17.8. The molecule has 0 amide bonds. The van der Waals surface area contributed by atoms with E-state index in [4.69, 9.17) is 10.00 Å². The molecule has 1 N–H and O–H groups in total.